The van der Waals surface area contributed by atoms with Crippen LogP contribution < -0.4 is 5.49 Å². The molecule has 0 spiro atoms. The van der Waals surface area contributed by atoms with Gasteiger partial charge in [-0.2, -0.15) is 0 Å². The van der Waals surface area contributed by atoms with Crippen LogP contribution in [0, 0.1) is 5.41 Å². The SMILES string of the molecule is CN1CCCCC1CCc1ccccnc1=N.Cl.Cl.[H+]. The molecule has 0 aliphatic carbocycles. The molecule has 1 aromatic rings. The molecule has 0 aromatic carbocycles. The number of rotatable bonds is 3. The third-order valence-electron chi connectivity index (χ3n) is 3.67. The maximum atomic E-state index is 7.83. The van der Waals surface area contributed by atoms with Crippen LogP contribution in [-0.2, 0) is 6.42 Å². The second-order valence-electron chi connectivity index (χ2n) is 4.87. The lowest BCUT2D eigenvalue weighted by molar-refractivity contribution is 0.176. The van der Waals surface area contributed by atoms with E-state index in [-0.39, 0.29) is 26.2 Å². The van der Waals surface area contributed by atoms with Gasteiger partial charge in [0.25, 0.3) is 0 Å². The fourth-order valence-corrected chi connectivity index (χ4v) is 2.53. The van der Waals surface area contributed by atoms with Gasteiger partial charge in [-0.3, -0.25) is 5.41 Å². The Kier molecular flexibility index (Phi) is 8.98. The summed E-state index contributed by atoms with van der Waals surface area (Å²) in [4.78, 5) is 6.54. The highest BCUT2D eigenvalue weighted by atomic mass is 35.5. The van der Waals surface area contributed by atoms with Crippen molar-refractivity contribution in [1.29, 1.82) is 5.41 Å². The van der Waals surface area contributed by atoms with Gasteiger partial charge < -0.3 is 4.90 Å². The molecule has 1 aliphatic heterocycles. The van der Waals surface area contributed by atoms with Crippen LogP contribution in [0.5, 0.6) is 0 Å². The number of nitrogens with one attached hydrogen (secondary N) is 1. The molecule has 0 bridgehead atoms. The molecule has 0 amide bonds. The molecule has 1 aliphatic rings. The summed E-state index contributed by atoms with van der Waals surface area (Å²) in [6, 6.07) is 6.57. The minimum Gasteiger partial charge on any atom is -0.303 e. The summed E-state index contributed by atoms with van der Waals surface area (Å²) in [6.07, 6.45) is 7.79. The van der Waals surface area contributed by atoms with E-state index in [9.17, 15) is 0 Å². The average Bonchev–Trinajstić information content (AvgIpc) is 2.53. The van der Waals surface area contributed by atoms with E-state index < -0.39 is 0 Å². The van der Waals surface area contributed by atoms with E-state index >= 15 is 0 Å². The van der Waals surface area contributed by atoms with Crippen LogP contribution >= 0.6 is 24.8 Å². The summed E-state index contributed by atoms with van der Waals surface area (Å²) in [7, 11) is 2.22. The zero-order valence-electron chi connectivity index (χ0n) is 12.3. The molecule has 5 heteroatoms. The van der Waals surface area contributed by atoms with Crippen molar-refractivity contribution in [2.75, 3.05) is 13.6 Å². The Morgan fingerprint density at radius 3 is 2.89 bits per heavy atom. The summed E-state index contributed by atoms with van der Waals surface area (Å²) < 4.78 is 0. The molecular weight excluding hydrogens is 281 g/mol. The van der Waals surface area contributed by atoms with E-state index in [0.717, 1.165) is 18.4 Å². The average molecular weight is 305 g/mol. The number of likely N-dealkylation sites (tertiary alicyclic amines) is 1. The highest BCUT2D eigenvalue weighted by Gasteiger charge is 2.18. The number of hydrogen-bond donors (Lipinski definition) is 1. The third kappa shape index (κ3) is 5.47. The molecule has 1 aromatic heterocycles. The Morgan fingerprint density at radius 1 is 1.37 bits per heavy atom. The summed E-state index contributed by atoms with van der Waals surface area (Å²) in [6.45, 7) is 1.22. The first-order valence-electron chi connectivity index (χ1n) is 6.46. The molecular formula is C14H24Cl2N3+. The van der Waals surface area contributed by atoms with Crippen LogP contribution in [0.2, 0.25) is 0 Å². The van der Waals surface area contributed by atoms with Crippen LogP contribution in [0.4, 0.5) is 0 Å². The van der Waals surface area contributed by atoms with E-state index in [0.29, 0.717) is 11.5 Å². The minimum atomic E-state index is 0. The molecule has 1 atom stereocenters. The maximum Gasteiger partial charge on any atom is 1.00 e. The van der Waals surface area contributed by atoms with Gasteiger partial charge in [-0.25, -0.2) is 4.98 Å². The maximum absolute atomic E-state index is 7.83. The number of halogens is 2. The summed E-state index contributed by atoms with van der Waals surface area (Å²) in [5.74, 6) is 0. The van der Waals surface area contributed by atoms with Gasteiger partial charge >= 0.3 is 1.43 Å². The van der Waals surface area contributed by atoms with E-state index in [2.05, 4.69) is 16.9 Å². The molecule has 1 fully saturated rings. The number of aromatic nitrogens is 1. The molecule has 1 N–H and O–H groups in total. The second kappa shape index (κ2) is 9.29. The molecule has 19 heavy (non-hydrogen) atoms. The molecule has 3 nitrogen and oxygen atoms in total. The quantitative estimate of drug-likeness (QED) is 0.932. The van der Waals surface area contributed by atoms with E-state index in [1.54, 1.807) is 6.20 Å². The van der Waals surface area contributed by atoms with Crippen LogP contribution in [-0.4, -0.2) is 29.5 Å². The lowest BCUT2D eigenvalue weighted by Crippen LogP contribution is -2.36. The second-order valence-corrected chi connectivity index (χ2v) is 4.87. The van der Waals surface area contributed by atoms with Crippen molar-refractivity contribution in [2.24, 2.45) is 0 Å². The minimum absolute atomic E-state index is 0. The van der Waals surface area contributed by atoms with Crippen LogP contribution in [0.3, 0.4) is 0 Å². The van der Waals surface area contributed by atoms with Crippen molar-refractivity contribution in [3.8, 4) is 0 Å². The van der Waals surface area contributed by atoms with Gasteiger partial charge in [0.2, 0.25) is 0 Å². The Morgan fingerprint density at radius 2 is 2.16 bits per heavy atom. The lowest BCUT2D eigenvalue weighted by atomic mass is 9.97. The molecule has 2 rings (SSSR count). The first-order chi connectivity index (χ1) is 8.27. The van der Waals surface area contributed by atoms with Crippen molar-refractivity contribution in [2.45, 2.75) is 38.1 Å². The van der Waals surface area contributed by atoms with Gasteiger partial charge in [-0.1, -0.05) is 18.6 Å². The van der Waals surface area contributed by atoms with E-state index in [4.69, 9.17) is 5.41 Å². The molecule has 0 saturated carbocycles. The molecule has 2 heterocycles. The fourth-order valence-electron chi connectivity index (χ4n) is 2.53. The first-order valence-corrected chi connectivity index (χ1v) is 6.46. The standard InChI is InChI=1S/C14H21N3.2ClH/c1-17-11-5-3-7-13(17)9-8-12-6-2-4-10-16-14(12)15;;/h2,4,6,10,13,15H,3,5,7-9,11H2,1H3;2*1H/p+1. The monoisotopic (exact) mass is 304 g/mol. The predicted octanol–water partition coefficient (Wildman–Crippen LogP) is 2.93. The predicted molar refractivity (Wildman–Crippen MR) is 84.3 cm³/mol. The summed E-state index contributed by atoms with van der Waals surface area (Å²) in [5, 5.41) is 7.83. The highest BCUT2D eigenvalue weighted by molar-refractivity contribution is 5.85. The van der Waals surface area contributed by atoms with E-state index in [1.807, 2.05) is 18.2 Å². The van der Waals surface area contributed by atoms with Gasteiger partial charge in [0.15, 0.2) is 0 Å². The summed E-state index contributed by atoms with van der Waals surface area (Å²) in [5.41, 5.74) is 1.49. The van der Waals surface area contributed by atoms with Crippen molar-refractivity contribution in [3.05, 3.63) is 35.4 Å². The summed E-state index contributed by atoms with van der Waals surface area (Å²) >= 11 is 0. The van der Waals surface area contributed by atoms with Crippen molar-refractivity contribution in [3.63, 3.8) is 0 Å². The van der Waals surface area contributed by atoms with Gasteiger partial charge in [0.1, 0.15) is 5.49 Å². The van der Waals surface area contributed by atoms with Crippen LogP contribution in [0.1, 0.15) is 32.7 Å². The van der Waals surface area contributed by atoms with Gasteiger partial charge in [0, 0.05) is 12.2 Å². The number of nitrogens with zero attached hydrogens (tertiary/aromatic N) is 2. The number of aryl methyl sites for hydroxylation is 1. The van der Waals surface area contributed by atoms with Gasteiger partial charge in [-0.05, 0) is 50.9 Å². The van der Waals surface area contributed by atoms with Gasteiger partial charge in [-0.15, -0.1) is 24.8 Å². The molecule has 0 radical (unpaired) electrons. The van der Waals surface area contributed by atoms with Crippen molar-refractivity contribution in [1.82, 2.24) is 9.88 Å². The van der Waals surface area contributed by atoms with Gasteiger partial charge in [0.05, 0.1) is 0 Å². The smallest absolute Gasteiger partial charge is 0.303 e. The fraction of sp³-hybridized carbons (Fsp3) is 0.571. The third-order valence-corrected chi connectivity index (χ3v) is 3.67. The lowest BCUT2D eigenvalue weighted by Gasteiger charge is -2.32. The Bertz CT molecular complexity index is 431. The van der Waals surface area contributed by atoms with Crippen molar-refractivity contribution < 1.29 is 1.43 Å². The Labute approximate surface area is 129 Å². The van der Waals surface area contributed by atoms with Crippen LogP contribution in [0.15, 0.2) is 24.4 Å². The topological polar surface area (TPSA) is 40.0 Å². The first kappa shape index (κ1) is 18.4. The number of piperidine rings is 1. The Hall–Kier alpha value is -0.640. The number of hydrogen-bond acceptors (Lipinski definition) is 3. The highest BCUT2D eigenvalue weighted by Crippen LogP contribution is 2.18. The van der Waals surface area contributed by atoms with E-state index in [1.165, 1.54) is 25.8 Å². The molecule has 1 unspecified atom stereocenters. The van der Waals surface area contributed by atoms with Crippen molar-refractivity contribution >= 4 is 24.8 Å². The van der Waals surface area contributed by atoms with Crippen LogP contribution in [0.25, 0.3) is 0 Å². The zero-order valence-corrected chi connectivity index (χ0v) is 13.0. The zero-order chi connectivity index (χ0) is 12.1. The molecule has 1 saturated heterocycles. The Balaban J connectivity index is 0. The molecule has 108 valence electrons. The largest absolute Gasteiger partial charge is 1.00 e. The normalized spacial score (nSPS) is 19.1.